The number of aliphatic hydroxyl groups is 1. The van der Waals surface area contributed by atoms with Crippen molar-refractivity contribution in [1.82, 2.24) is 4.31 Å². The summed E-state index contributed by atoms with van der Waals surface area (Å²) in [5, 5.41) is 9.56. The Balaban J connectivity index is 2.45. The van der Waals surface area contributed by atoms with E-state index in [0.717, 1.165) is 6.07 Å². The van der Waals surface area contributed by atoms with Crippen molar-refractivity contribution < 1.29 is 17.9 Å². The van der Waals surface area contributed by atoms with Gasteiger partial charge in [-0.3, -0.25) is 0 Å². The van der Waals surface area contributed by atoms with Crippen molar-refractivity contribution in [3.63, 3.8) is 0 Å². The highest BCUT2D eigenvalue weighted by atomic mass is 32.2. The van der Waals surface area contributed by atoms with Gasteiger partial charge in [0.05, 0.1) is 11.0 Å². The van der Waals surface area contributed by atoms with Crippen molar-refractivity contribution in [3.05, 3.63) is 23.5 Å². The smallest absolute Gasteiger partial charge is 0.243 e. The van der Waals surface area contributed by atoms with Gasteiger partial charge >= 0.3 is 0 Å². The first-order chi connectivity index (χ1) is 8.82. The molecular weight excluding hydrogens is 271 g/mol. The van der Waals surface area contributed by atoms with E-state index in [9.17, 15) is 17.9 Å². The van der Waals surface area contributed by atoms with Gasteiger partial charge in [-0.05, 0) is 31.9 Å². The molecular formula is C12H17FN2O3S. The number of anilines is 1. The number of β-amino-alcohol motifs (C(OH)–C–C–N with tert-alkyl or cyclic N) is 1. The largest absolute Gasteiger partial charge is 0.399 e. The minimum atomic E-state index is -3.82. The lowest BCUT2D eigenvalue weighted by atomic mass is 10.1. The molecule has 1 aromatic rings. The number of rotatable bonds is 2. The molecule has 1 heterocycles. The van der Waals surface area contributed by atoms with Crippen molar-refractivity contribution >= 4 is 15.7 Å². The topological polar surface area (TPSA) is 83.6 Å². The molecule has 0 bridgehead atoms. The lowest BCUT2D eigenvalue weighted by Crippen LogP contribution is -2.42. The van der Waals surface area contributed by atoms with Crippen LogP contribution < -0.4 is 5.73 Å². The van der Waals surface area contributed by atoms with E-state index in [1.165, 1.54) is 17.3 Å². The first-order valence-corrected chi connectivity index (χ1v) is 7.50. The number of nitrogens with two attached hydrogens (primary N) is 1. The van der Waals surface area contributed by atoms with E-state index >= 15 is 0 Å². The zero-order chi connectivity index (χ0) is 14.2. The number of hydrogen-bond donors (Lipinski definition) is 2. The summed E-state index contributed by atoms with van der Waals surface area (Å²) in [5.41, 5.74) is 5.63. The van der Waals surface area contributed by atoms with Crippen LogP contribution in [0.2, 0.25) is 0 Å². The zero-order valence-corrected chi connectivity index (χ0v) is 11.5. The Labute approximate surface area is 111 Å². The molecule has 2 rings (SSSR count). The summed E-state index contributed by atoms with van der Waals surface area (Å²) in [4.78, 5) is -0.126. The average Bonchev–Trinajstić information content (AvgIpc) is 2.33. The molecule has 0 spiro atoms. The Bertz CT molecular complexity index is 589. The summed E-state index contributed by atoms with van der Waals surface area (Å²) in [7, 11) is -3.82. The van der Waals surface area contributed by atoms with Crippen LogP contribution in [0, 0.1) is 12.7 Å². The van der Waals surface area contributed by atoms with Crippen molar-refractivity contribution in [2.24, 2.45) is 0 Å². The Morgan fingerprint density at radius 1 is 1.47 bits per heavy atom. The standard InChI is InChI=1S/C12H17FN2O3S/c1-8-11(13)5-9(14)6-12(8)19(17,18)15-4-2-3-10(16)7-15/h5-6,10,16H,2-4,7,14H2,1H3/t10-/m0/s1. The number of nitrogens with zero attached hydrogens (tertiary/aromatic N) is 1. The second-order valence-electron chi connectivity index (χ2n) is 4.78. The predicted octanol–water partition coefficient (Wildman–Crippen LogP) is 0.862. The minimum absolute atomic E-state index is 0.0399. The van der Waals surface area contributed by atoms with Gasteiger partial charge in [0.1, 0.15) is 5.82 Å². The minimum Gasteiger partial charge on any atom is -0.399 e. The summed E-state index contributed by atoms with van der Waals surface area (Å²) in [6.07, 6.45) is 0.496. The van der Waals surface area contributed by atoms with Crippen LogP contribution in [0.25, 0.3) is 0 Å². The fourth-order valence-corrected chi connectivity index (χ4v) is 4.01. The lowest BCUT2D eigenvalue weighted by molar-refractivity contribution is 0.108. The van der Waals surface area contributed by atoms with E-state index in [4.69, 9.17) is 5.73 Å². The van der Waals surface area contributed by atoms with Gasteiger partial charge in [0.25, 0.3) is 0 Å². The molecule has 1 aromatic carbocycles. The van der Waals surface area contributed by atoms with E-state index in [0.29, 0.717) is 19.4 Å². The van der Waals surface area contributed by atoms with E-state index in [2.05, 4.69) is 0 Å². The third kappa shape index (κ3) is 2.72. The molecule has 106 valence electrons. The first kappa shape index (κ1) is 14.2. The van der Waals surface area contributed by atoms with Crippen molar-refractivity contribution in [2.45, 2.75) is 30.8 Å². The molecule has 0 aromatic heterocycles. The van der Waals surface area contributed by atoms with Crippen molar-refractivity contribution in [1.29, 1.82) is 0 Å². The van der Waals surface area contributed by atoms with Gasteiger partial charge < -0.3 is 10.8 Å². The van der Waals surface area contributed by atoms with E-state index in [1.54, 1.807) is 0 Å². The molecule has 1 aliphatic heterocycles. The van der Waals surface area contributed by atoms with Gasteiger partial charge in [-0.25, -0.2) is 12.8 Å². The average molecular weight is 288 g/mol. The number of sulfonamides is 1. The van der Waals surface area contributed by atoms with Gasteiger partial charge in [0.2, 0.25) is 10.0 Å². The van der Waals surface area contributed by atoms with Crippen LogP contribution in [-0.4, -0.2) is 37.0 Å². The second-order valence-corrected chi connectivity index (χ2v) is 6.69. The highest BCUT2D eigenvalue weighted by Gasteiger charge is 2.31. The maximum absolute atomic E-state index is 13.6. The van der Waals surface area contributed by atoms with Crippen LogP contribution in [0.1, 0.15) is 18.4 Å². The maximum Gasteiger partial charge on any atom is 0.243 e. The fourth-order valence-electron chi connectivity index (χ4n) is 2.22. The van der Waals surface area contributed by atoms with Crippen molar-refractivity contribution in [3.8, 4) is 0 Å². The number of nitrogen functional groups attached to an aromatic ring is 1. The maximum atomic E-state index is 13.6. The van der Waals surface area contributed by atoms with Crippen LogP contribution in [0.15, 0.2) is 17.0 Å². The monoisotopic (exact) mass is 288 g/mol. The molecule has 1 atom stereocenters. The highest BCUT2D eigenvalue weighted by Crippen LogP contribution is 2.26. The zero-order valence-electron chi connectivity index (χ0n) is 10.6. The molecule has 0 amide bonds. The lowest BCUT2D eigenvalue weighted by Gasteiger charge is -2.29. The molecule has 1 saturated heterocycles. The Kier molecular flexibility index (Phi) is 3.80. The van der Waals surface area contributed by atoms with Gasteiger partial charge in [-0.1, -0.05) is 0 Å². The molecule has 5 nitrogen and oxygen atoms in total. The normalized spacial score (nSPS) is 21.5. The Morgan fingerprint density at radius 2 is 2.16 bits per heavy atom. The van der Waals surface area contributed by atoms with Crippen LogP contribution >= 0.6 is 0 Å². The van der Waals surface area contributed by atoms with Crippen LogP contribution in [0.4, 0.5) is 10.1 Å². The molecule has 7 heteroatoms. The number of benzene rings is 1. The van der Waals surface area contributed by atoms with E-state index < -0.39 is 21.9 Å². The molecule has 0 radical (unpaired) electrons. The molecule has 19 heavy (non-hydrogen) atoms. The second kappa shape index (κ2) is 5.07. The van der Waals surface area contributed by atoms with E-state index in [-0.39, 0.29) is 22.7 Å². The molecule has 0 aliphatic carbocycles. The molecule has 0 unspecified atom stereocenters. The predicted molar refractivity (Wildman–Crippen MR) is 69.5 cm³/mol. The molecule has 1 fully saturated rings. The first-order valence-electron chi connectivity index (χ1n) is 6.06. The van der Waals surface area contributed by atoms with Crippen molar-refractivity contribution in [2.75, 3.05) is 18.8 Å². The van der Waals surface area contributed by atoms with Gasteiger partial charge in [-0.2, -0.15) is 4.31 Å². The van der Waals surface area contributed by atoms with Gasteiger partial charge in [0.15, 0.2) is 0 Å². The summed E-state index contributed by atoms with van der Waals surface area (Å²) in [6, 6.07) is 2.36. The summed E-state index contributed by atoms with van der Waals surface area (Å²) < 4.78 is 39.7. The van der Waals surface area contributed by atoms with Gasteiger partial charge in [-0.15, -0.1) is 0 Å². The van der Waals surface area contributed by atoms with E-state index in [1.807, 2.05) is 0 Å². The Morgan fingerprint density at radius 3 is 2.79 bits per heavy atom. The highest BCUT2D eigenvalue weighted by molar-refractivity contribution is 7.89. The molecule has 3 N–H and O–H groups in total. The van der Waals surface area contributed by atoms with Crippen LogP contribution in [0.5, 0.6) is 0 Å². The number of hydrogen-bond acceptors (Lipinski definition) is 4. The Hall–Kier alpha value is -1.18. The molecule has 1 aliphatic rings. The summed E-state index contributed by atoms with van der Waals surface area (Å²) in [5.74, 6) is -0.642. The summed E-state index contributed by atoms with van der Waals surface area (Å²) >= 11 is 0. The SMILES string of the molecule is Cc1c(F)cc(N)cc1S(=O)(=O)N1CCC[C@H](O)C1. The van der Waals surface area contributed by atoms with Crippen LogP contribution in [0.3, 0.4) is 0 Å². The van der Waals surface area contributed by atoms with Crippen LogP contribution in [-0.2, 0) is 10.0 Å². The number of piperidine rings is 1. The third-order valence-corrected chi connectivity index (χ3v) is 5.29. The number of halogens is 1. The summed E-state index contributed by atoms with van der Waals surface area (Å²) in [6.45, 7) is 1.77. The third-order valence-electron chi connectivity index (χ3n) is 3.30. The quantitative estimate of drug-likeness (QED) is 0.791. The van der Waals surface area contributed by atoms with Gasteiger partial charge in [0, 0.05) is 24.3 Å². The fraction of sp³-hybridized carbons (Fsp3) is 0.500. The number of aliphatic hydroxyl groups excluding tert-OH is 1. The molecule has 0 saturated carbocycles.